The fraction of sp³-hybridized carbons (Fsp3) is 0.211. The summed E-state index contributed by atoms with van der Waals surface area (Å²) in [6, 6.07) is 5.97. The topological polar surface area (TPSA) is 73.6 Å². The second kappa shape index (κ2) is 7.08. The van der Waals surface area contributed by atoms with E-state index in [0.717, 1.165) is 11.1 Å². The molecule has 5 nitrogen and oxygen atoms in total. The van der Waals surface area contributed by atoms with Crippen molar-refractivity contribution in [1.29, 1.82) is 0 Å². The van der Waals surface area contributed by atoms with Gasteiger partial charge in [0.2, 0.25) is 0 Å². The lowest BCUT2D eigenvalue weighted by atomic mass is 10.0. The smallest absolute Gasteiger partial charge is 0.336 e. The quantitative estimate of drug-likeness (QED) is 0.281. The fourth-order valence-corrected chi connectivity index (χ4v) is 2.14. The third-order valence-corrected chi connectivity index (χ3v) is 3.03. The Morgan fingerprint density at radius 2 is 1.58 bits per heavy atom. The largest absolute Gasteiger partial charge is 0.422 e. The van der Waals surface area contributed by atoms with Crippen LogP contribution in [0.4, 0.5) is 0 Å². The van der Waals surface area contributed by atoms with E-state index in [4.69, 9.17) is 9.15 Å². The maximum absolute atomic E-state index is 12.6. The molecule has 0 radical (unpaired) electrons. The van der Waals surface area contributed by atoms with Crippen LogP contribution in [0.1, 0.15) is 38.1 Å². The normalized spacial score (nSPS) is 10.2. The van der Waals surface area contributed by atoms with E-state index in [2.05, 4.69) is 0 Å². The maximum atomic E-state index is 12.6. The van der Waals surface area contributed by atoms with E-state index in [1.807, 2.05) is 0 Å². The zero-order valence-corrected chi connectivity index (χ0v) is 14.0. The van der Waals surface area contributed by atoms with Crippen molar-refractivity contribution in [2.24, 2.45) is 0 Å². The first-order valence-corrected chi connectivity index (χ1v) is 7.40. The number of benzene rings is 1. The number of carbonyl (C=O) groups is 2. The lowest BCUT2D eigenvalue weighted by Crippen LogP contribution is -2.10. The third kappa shape index (κ3) is 4.07. The van der Waals surface area contributed by atoms with Crippen LogP contribution in [0.15, 0.2) is 56.8 Å². The molecule has 0 aliphatic rings. The molecule has 0 spiro atoms. The van der Waals surface area contributed by atoms with Gasteiger partial charge in [0.05, 0.1) is 0 Å². The Morgan fingerprint density at radius 1 is 0.958 bits per heavy atom. The van der Waals surface area contributed by atoms with Crippen molar-refractivity contribution < 1.29 is 18.7 Å². The van der Waals surface area contributed by atoms with Crippen molar-refractivity contribution in [3.63, 3.8) is 0 Å². The molecule has 24 heavy (non-hydrogen) atoms. The van der Waals surface area contributed by atoms with Crippen molar-refractivity contribution in [1.82, 2.24) is 0 Å². The van der Waals surface area contributed by atoms with E-state index in [0.29, 0.717) is 5.39 Å². The molecular weight excluding hydrogens is 308 g/mol. The predicted molar refractivity (Wildman–Crippen MR) is 91.3 cm³/mol. The molecule has 0 saturated carbocycles. The average Bonchev–Trinajstić information content (AvgIpc) is 2.44. The summed E-state index contributed by atoms with van der Waals surface area (Å²) in [5.74, 6) is -0.935. The Morgan fingerprint density at radius 3 is 2.21 bits per heavy atom. The van der Waals surface area contributed by atoms with Crippen LogP contribution in [0.3, 0.4) is 0 Å². The summed E-state index contributed by atoms with van der Waals surface area (Å²) in [5, 5.41) is 0.571. The highest BCUT2D eigenvalue weighted by molar-refractivity contribution is 6.14. The molecule has 0 bridgehead atoms. The van der Waals surface area contributed by atoms with Crippen LogP contribution < -0.4 is 10.4 Å². The Kier molecular flexibility index (Phi) is 5.14. The lowest BCUT2D eigenvalue weighted by molar-refractivity contribution is -0.129. The van der Waals surface area contributed by atoms with Gasteiger partial charge in [0, 0.05) is 17.5 Å². The Hall–Kier alpha value is -2.95. The van der Waals surface area contributed by atoms with Gasteiger partial charge in [-0.25, -0.2) is 9.59 Å². The Labute approximate surface area is 139 Å². The van der Waals surface area contributed by atoms with Crippen LogP contribution in [0.25, 0.3) is 11.0 Å². The summed E-state index contributed by atoms with van der Waals surface area (Å²) < 4.78 is 10.5. The molecule has 0 atom stereocenters. The molecule has 0 unspecified atom stereocenters. The molecule has 5 heteroatoms. The van der Waals surface area contributed by atoms with Gasteiger partial charge in [0.25, 0.3) is 0 Å². The van der Waals surface area contributed by atoms with Crippen LogP contribution in [0, 0.1) is 0 Å². The molecule has 1 aromatic heterocycles. The summed E-state index contributed by atoms with van der Waals surface area (Å²) in [6.45, 7) is 7.06. The van der Waals surface area contributed by atoms with Crippen LogP contribution >= 0.6 is 0 Å². The molecule has 0 aliphatic carbocycles. The molecule has 2 aromatic rings. The summed E-state index contributed by atoms with van der Waals surface area (Å²) in [4.78, 5) is 36.0. The second-order valence-corrected chi connectivity index (χ2v) is 5.84. The molecular formula is C19H18O5. The van der Waals surface area contributed by atoms with E-state index < -0.39 is 17.4 Å². The zero-order chi connectivity index (χ0) is 17.9. The summed E-state index contributed by atoms with van der Waals surface area (Å²) >= 11 is 0. The lowest BCUT2D eigenvalue weighted by Gasteiger charge is -2.09. The van der Waals surface area contributed by atoms with Gasteiger partial charge < -0.3 is 9.15 Å². The second-order valence-electron chi connectivity index (χ2n) is 5.84. The van der Waals surface area contributed by atoms with Gasteiger partial charge in [-0.2, -0.15) is 0 Å². The summed E-state index contributed by atoms with van der Waals surface area (Å²) in [7, 11) is 0. The monoisotopic (exact) mass is 326 g/mol. The summed E-state index contributed by atoms with van der Waals surface area (Å²) in [6.07, 6.45) is 2.72. The Bertz CT molecular complexity index is 920. The number of fused-ring (bicyclic) bond motifs is 1. The molecule has 2 rings (SSSR count). The minimum absolute atomic E-state index is 0.0573. The first kappa shape index (κ1) is 17.4. The van der Waals surface area contributed by atoms with Gasteiger partial charge in [-0.3, -0.25) is 4.79 Å². The zero-order valence-electron chi connectivity index (χ0n) is 14.0. The molecule has 0 aliphatic heterocycles. The number of ketones is 1. The third-order valence-electron chi connectivity index (χ3n) is 3.03. The standard InChI is InChI=1S/C19H18O5/c1-11(2)9-14(20)18-15(23-17(22)10-12(3)4)7-5-13-6-8-16(21)24-19(13)18/h5-10H,1-4H3. The summed E-state index contributed by atoms with van der Waals surface area (Å²) in [5.41, 5.74) is 1.12. The first-order chi connectivity index (χ1) is 11.3. The van der Waals surface area contributed by atoms with E-state index in [1.54, 1.807) is 39.8 Å². The van der Waals surface area contributed by atoms with Crippen LogP contribution in [0.5, 0.6) is 5.75 Å². The van der Waals surface area contributed by atoms with Crippen molar-refractivity contribution in [2.75, 3.05) is 0 Å². The van der Waals surface area contributed by atoms with Gasteiger partial charge in [-0.15, -0.1) is 0 Å². The number of hydrogen-bond donors (Lipinski definition) is 0. The highest BCUT2D eigenvalue weighted by Gasteiger charge is 2.19. The average molecular weight is 326 g/mol. The SMILES string of the molecule is CC(C)=CC(=O)Oc1ccc2ccc(=O)oc2c1C(=O)C=C(C)C. The van der Waals surface area contributed by atoms with E-state index >= 15 is 0 Å². The first-order valence-electron chi connectivity index (χ1n) is 7.40. The van der Waals surface area contributed by atoms with Gasteiger partial charge in [-0.05, 0) is 52.0 Å². The number of hydrogen-bond acceptors (Lipinski definition) is 5. The highest BCUT2D eigenvalue weighted by atomic mass is 16.5. The fourth-order valence-electron chi connectivity index (χ4n) is 2.14. The molecule has 1 heterocycles. The minimum atomic E-state index is -0.598. The Balaban J connectivity index is 2.68. The number of esters is 1. The van der Waals surface area contributed by atoms with Crippen LogP contribution in [0.2, 0.25) is 0 Å². The van der Waals surface area contributed by atoms with Crippen molar-refractivity contribution in [3.8, 4) is 5.75 Å². The van der Waals surface area contributed by atoms with Gasteiger partial charge >= 0.3 is 11.6 Å². The molecule has 0 saturated heterocycles. The minimum Gasteiger partial charge on any atom is -0.422 e. The number of allylic oxidation sites excluding steroid dienone is 3. The molecule has 0 fully saturated rings. The van der Waals surface area contributed by atoms with E-state index in [9.17, 15) is 14.4 Å². The van der Waals surface area contributed by atoms with E-state index in [-0.39, 0.29) is 16.9 Å². The van der Waals surface area contributed by atoms with E-state index in [1.165, 1.54) is 24.3 Å². The number of ether oxygens (including phenoxy) is 1. The number of rotatable bonds is 4. The van der Waals surface area contributed by atoms with Gasteiger partial charge in [0.15, 0.2) is 11.4 Å². The van der Waals surface area contributed by atoms with Gasteiger partial charge in [0.1, 0.15) is 11.3 Å². The van der Waals surface area contributed by atoms with Gasteiger partial charge in [-0.1, -0.05) is 11.1 Å². The molecule has 0 N–H and O–H groups in total. The molecule has 124 valence electrons. The molecule has 1 aromatic carbocycles. The predicted octanol–water partition coefficient (Wildman–Crippen LogP) is 3.81. The van der Waals surface area contributed by atoms with Crippen molar-refractivity contribution >= 4 is 22.7 Å². The molecule has 0 amide bonds. The van der Waals surface area contributed by atoms with Crippen molar-refractivity contribution in [3.05, 3.63) is 63.5 Å². The van der Waals surface area contributed by atoms with Crippen LogP contribution in [-0.2, 0) is 4.79 Å². The van der Waals surface area contributed by atoms with Crippen molar-refractivity contribution in [2.45, 2.75) is 27.7 Å². The number of carbonyl (C=O) groups excluding carboxylic acids is 2. The highest BCUT2D eigenvalue weighted by Crippen LogP contribution is 2.28. The van der Waals surface area contributed by atoms with Crippen LogP contribution in [-0.4, -0.2) is 11.8 Å². The maximum Gasteiger partial charge on any atom is 0.336 e.